The van der Waals surface area contributed by atoms with Crippen LogP contribution in [0.25, 0.3) is 0 Å². The van der Waals surface area contributed by atoms with E-state index < -0.39 is 0 Å². The van der Waals surface area contributed by atoms with Crippen LogP contribution in [0.15, 0.2) is 42.6 Å². The van der Waals surface area contributed by atoms with Crippen molar-refractivity contribution in [2.24, 2.45) is 5.92 Å². The van der Waals surface area contributed by atoms with Gasteiger partial charge in [0.05, 0.1) is 18.2 Å². The van der Waals surface area contributed by atoms with E-state index in [2.05, 4.69) is 22.0 Å². The molecule has 1 aromatic heterocycles. The van der Waals surface area contributed by atoms with Gasteiger partial charge in [-0.2, -0.15) is 10.5 Å². The van der Waals surface area contributed by atoms with Crippen LogP contribution in [0.3, 0.4) is 0 Å². The van der Waals surface area contributed by atoms with Crippen molar-refractivity contribution in [3.63, 3.8) is 0 Å². The largest absolute Gasteiger partial charge is 0.476 e. The van der Waals surface area contributed by atoms with Crippen LogP contribution in [0.4, 0.5) is 0 Å². The summed E-state index contributed by atoms with van der Waals surface area (Å²) in [5.41, 5.74) is 2.42. The molecule has 1 aliphatic rings. The van der Waals surface area contributed by atoms with Gasteiger partial charge in [-0.3, -0.25) is 4.90 Å². The lowest BCUT2D eigenvalue weighted by Crippen LogP contribution is -2.35. The molecule has 0 saturated carbocycles. The van der Waals surface area contributed by atoms with Crippen LogP contribution in [0.5, 0.6) is 5.88 Å². The van der Waals surface area contributed by atoms with Crippen molar-refractivity contribution < 1.29 is 4.74 Å². The lowest BCUT2D eigenvalue weighted by molar-refractivity contribution is 0.134. The highest BCUT2D eigenvalue weighted by molar-refractivity contribution is 5.37. The van der Waals surface area contributed by atoms with Crippen LogP contribution in [0.1, 0.15) is 29.5 Å². The maximum atomic E-state index is 9.07. The first-order valence-electron chi connectivity index (χ1n) is 8.48. The number of pyridine rings is 1. The minimum Gasteiger partial charge on any atom is -0.476 e. The van der Waals surface area contributed by atoms with E-state index in [9.17, 15) is 0 Å². The summed E-state index contributed by atoms with van der Waals surface area (Å²) in [6.07, 6.45) is 3.80. The Labute approximate surface area is 148 Å². The Balaban J connectivity index is 1.45. The first kappa shape index (κ1) is 17.0. The number of rotatable bonds is 5. The number of piperidine rings is 1. The zero-order valence-corrected chi connectivity index (χ0v) is 14.1. The number of likely N-dealkylation sites (tertiary alicyclic amines) is 1. The lowest BCUT2D eigenvalue weighted by atomic mass is 9.97. The maximum Gasteiger partial charge on any atom is 0.231 e. The summed E-state index contributed by atoms with van der Waals surface area (Å²) in [5.74, 6) is 0.927. The fraction of sp³-hybridized carbons (Fsp3) is 0.350. The van der Waals surface area contributed by atoms with E-state index in [1.165, 1.54) is 5.56 Å². The molecule has 1 fully saturated rings. The van der Waals surface area contributed by atoms with E-state index >= 15 is 0 Å². The molecule has 5 nitrogen and oxygen atoms in total. The van der Waals surface area contributed by atoms with Crippen molar-refractivity contribution in [3.8, 4) is 18.0 Å². The molecule has 1 aromatic carbocycles. The minimum absolute atomic E-state index is 0.435. The first-order valence-corrected chi connectivity index (χ1v) is 8.48. The first-order chi connectivity index (χ1) is 12.3. The predicted octanol–water partition coefficient (Wildman–Crippen LogP) is 3.12. The van der Waals surface area contributed by atoms with Crippen molar-refractivity contribution >= 4 is 0 Å². The molecule has 0 amide bonds. The molecule has 0 N–H and O–H groups in total. The number of nitrogens with zero attached hydrogens (tertiary/aromatic N) is 4. The van der Waals surface area contributed by atoms with Gasteiger partial charge in [0.25, 0.3) is 0 Å². The van der Waals surface area contributed by atoms with Gasteiger partial charge in [0.1, 0.15) is 11.6 Å². The summed E-state index contributed by atoms with van der Waals surface area (Å²) in [6, 6.07) is 15.5. The lowest BCUT2D eigenvalue weighted by Gasteiger charge is -2.31. The Hall–Kier alpha value is -2.89. The van der Waals surface area contributed by atoms with Crippen molar-refractivity contribution in [2.75, 3.05) is 19.7 Å². The summed E-state index contributed by atoms with van der Waals surface area (Å²) in [4.78, 5) is 6.57. The van der Waals surface area contributed by atoms with Gasteiger partial charge >= 0.3 is 0 Å². The maximum absolute atomic E-state index is 9.07. The Morgan fingerprint density at radius 1 is 1.08 bits per heavy atom. The average Bonchev–Trinajstić information content (AvgIpc) is 2.68. The van der Waals surface area contributed by atoms with Crippen LogP contribution in [0, 0.1) is 28.6 Å². The summed E-state index contributed by atoms with van der Waals surface area (Å²) in [5, 5.41) is 17.9. The zero-order chi connectivity index (χ0) is 17.5. The van der Waals surface area contributed by atoms with E-state index in [1.54, 1.807) is 18.3 Å². The van der Waals surface area contributed by atoms with Gasteiger partial charge in [0.2, 0.25) is 5.88 Å². The van der Waals surface area contributed by atoms with Crippen LogP contribution < -0.4 is 4.74 Å². The standard InChI is InChI=1S/C20H20N4O/c21-12-16-3-5-17(6-4-16)14-24-10-7-18(8-11-24)15-25-20-19(13-22)2-1-9-23-20/h1-6,9,18H,7-8,10-11,14-15H2. The third-order valence-corrected chi connectivity index (χ3v) is 4.54. The molecule has 2 heterocycles. The molecule has 0 unspecified atom stereocenters. The summed E-state index contributed by atoms with van der Waals surface area (Å²) in [6.45, 7) is 3.58. The molecule has 0 bridgehead atoms. The molecule has 1 saturated heterocycles. The molecule has 0 radical (unpaired) electrons. The van der Waals surface area contributed by atoms with Gasteiger partial charge in [-0.25, -0.2) is 4.98 Å². The second kappa shape index (κ2) is 8.28. The Bertz CT molecular complexity index is 781. The number of hydrogen-bond acceptors (Lipinski definition) is 5. The average molecular weight is 332 g/mol. The summed E-state index contributed by atoms with van der Waals surface area (Å²) >= 11 is 0. The molecule has 2 aromatic rings. The van der Waals surface area contributed by atoms with E-state index in [-0.39, 0.29) is 0 Å². The van der Waals surface area contributed by atoms with Crippen molar-refractivity contribution in [1.82, 2.24) is 9.88 Å². The van der Waals surface area contributed by atoms with Crippen molar-refractivity contribution in [3.05, 3.63) is 59.3 Å². The number of benzene rings is 1. The van der Waals surface area contributed by atoms with Crippen LogP contribution in [-0.2, 0) is 6.54 Å². The van der Waals surface area contributed by atoms with Gasteiger partial charge in [-0.1, -0.05) is 12.1 Å². The quantitative estimate of drug-likeness (QED) is 0.841. The summed E-state index contributed by atoms with van der Waals surface area (Å²) < 4.78 is 5.76. The van der Waals surface area contributed by atoms with Gasteiger partial charge in [0.15, 0.2) is 0 Å². The molecule has 25 heavy (non-hydrogen) atoms. The van der Waals surface area contributed by atoms with E-state index in [1.807, 2.05) is 24.3 Å². The van der Waals surface area contributed by atoms with Crippen LogP contribution in [-0.4, -0.2) is 29.6 Å². The van der Waals surface area contributed by atoms with Gasteiger partial charge in [-0.15, -0.1) is 0 Å². The Morgan fingerprint density at radius 2 is 1.84 bits per heavy atom. The molecular weight excluding hydrogens is 312 g/mol. The van der Waals surface area contributed by atoms with Gasteiger partial charge in [-0.05, 0) is 61.7 Å². The Kier molecular flexibility index (Phi) is 5.61. The van der Waals surface area contributed by atoms with Crippen molar-refractivity contribution in [2.45, 2.75) is 19.4 Å². The minimum atomic E-state index is 0.435. The molecule has 3 rings (SSSR count). The smallest absolute Gasteiger partial charge is 0.231 e. The SMILES string of the molecule is N#Cc1ccc(CN2CCC(COc3ncccc3C#N)CC2)cc1. The second-order valence-electron chi connectivity index (χ2n) is 6.31. The zero-order valence-electron chi connectivity index (χ0n) is 14.1. The van der Waals surface area contributed by atoms with Gasteiger partial charge in [0, 0.05) is 12.7 Å². The third-order valence-electron chi connectivity index (χ3n) is 4.54. The number of ether oxygens (including phenoxy) is 1. The van der Waals surface area contributed by atoms with Gasteiger partial charge < -0.3 is 4.74 Å². The molecule has 5 heteroatoms. The molecule has 0 aliphatic carbocycles. The highest BCUT2D eigenvalue weighted by Crippen LogP contribution is 2.21. The van der Waals surface area contributed by atoms with Crippen LogP contribution in [0.2, 0.25) is 0 Å². The predicted molar refractivity (Wildman–Crippen MR) is 93.6 cm³/mol. The number of nitriles is 2. The molecule has 0 spiro atoms. The fourth-order valence-corrected chi connectivity index (χ4v) is 3.04. The van der Waals surface area contributed by atoms with E-state index in [4.69, 9.17) is 15.3 Å². The monoisotopic (exact) mass is 332 g/mol. The summed E-state index contributed by atoms with van der Waals surface area (Å²) in [7, 11) is 0. The highest BCUT2D eigenvalue weighted by atomic mass is 16.5. The third kappa shape index (κ3) is 4.56. The van der Waals surface area contributed by atoms with Crippen LogP contribution >= 0.6 is 0 Å². The van der Waals surface area contributed by atoms with E-state index in [0.717, 1.165) is 32.5 Å². The highest BCUT2D eigenvalue weighted by Gasteiger charge is 2.20. The fourth-order valence-electron chi connectivity index (χ4n) is 3.04. The molecule has 1 aliphatic heterocycles. The number of hydrogen-bond donors (Lipinski definition) is 0. The molecule has 126 valence electrons. The number of aromatic nitrogens is 1. The Morgan fingerprint density at radius 3 is 2.52 bits per heavy atom. The normalized spacial score (nSPS) is 15.3. The molecule has 0 atom stereocenters. The topological polar surface area (TPSA) is 72.9 Å². The van der Waals surface area contributed by atoms with Crippen molar-refractivity contribution in [1.29, 1.82) is 10.5 Å². The second-order valence-corrected chi connectivity index (χ2v) is 6.31. The molecular formula is C20H20N4O. The van der Waals surface area contributed by atoms with E-state index in [0.29, 0.717) is 29.5 Å².